The Bertz CT molecular complexity index is 351. The molecular formula is C12H17F2NO. The molecule has 0 amide bonds. The zero-order valence-electron chi connectivity index (χ0n) is 9.56. The Morgan fingerprint density at radius 1 is 1.38 bits per heavy atom. The summed E-state index contributed by atoms with van der Waals surface area (Å²) >= 11 is 0. The third-order valence-corrected chi connectivity index (χ3v) is 2.89. The number of hydrogen-bond donors (Lipinski definition) is 2. The Labute approximate surface area is 94.3 Å². The molecule has 0 aliphatic carbocycles. The van der Waals surface area contributed by atoms with Crippen LogP contribution in [-0.4, -0.2) is 18.3 Å². The highest BCUT2D eigenvalue weighted by Gasteiger charge is 2.21. The number of benzene rings is 1. The predicted octanol–water partition coefficient (Wildman–Crippen LogP) is 2.79. The second kappa shape index (κ2) is 5.25. The third-order valence-electron chi connectivity index (χ3n) is 2.89. The topological polar surface area (TPSA) is 32.3 Å². The summed E-state index contributed by atoms with van der Waals surface area (Å²) in [6.45, 7) is 4.24. The Kier molecular flexibility index (Phi) is 4.24. The molecule has 2 N–H and O–H groups in total. The van der Waals surface area contributed by atoms with E-state index in [1.807, 2.05) is 13.8 Å². The number of anilines is 1. The van der Waals surface area contributed by atoms with Gasteiger partial charge in [0.05, 0.1) is 12.3 Å². The van der Waals surface area contributed by atoms with Gasteiger partial charge in [0.2, 0.25) is 0 Å². The number of hydrogen-bond acceptors (Lipinski definition) is 2. The summed E-state index contributed by atoms with van der Waals surface area (Å²) in [5.74, 6) is -1.74. The van der Waals surface area contributed by atoms with Crippen LogP contribution in [0.2, 0.25) is 0 Å². The lowest BCUT2D eigenvalue weighted by Crippen LogP contribution is -2.29. The molecule has 0 saturated carbocycles. The lowest BCUT2D eigenvalue weighted by molar-refractivity contribution is 0.149. The van der Waals surface area contributed by atoms with Crippen LogP contribution in [-0.2, 0) is 0 Å². The van der Waals surface area contributed by atoms with Crippen LogP contribution in [0, 0.1) is 17.0 Å². The lowest BCUT2D eigenvalue weighted by Gasteiger charge is -2.26. The lowest BCUT2D eigenvalue weighted by atomic mass is 9.88. The third kappa shape index (κ3) is 2.92. The largest absolute Gasteiger partial charge is 0.396 e. The number of aliphatic hydroxyl groups excluding tert-OH is 1. The number of aliphatic hydroxyl groups is 1. The zero-order valence-corrected chi connectivity index (χ0v) is 9.56. The molecule has 0 fully saturated rings. The first-order chi connectivity index (χ1) is 7.52. The van der Waals surface area contributed by atoms with Crippen LogP contribution in [0.1, 0.15) is 20.3 Å². The first kappa shape index (κ1) is 12.9. The second-order valence-electron chi connectivity index (χ2n) is 4.28. The zero-order chi connectivity index (χ0) is 12.2. The van der Waals surface area contributed by atoms with Crippen LogP contribution in [0.25, 0.3) is 0 Å². The van der Waals surface area contributed by atoms with E-state index in [2.05, 4.69) is 5.32 Å². The average molecular weight is 229 g/mol. The molecule has 0 saturated heterocycles. The summed E-state index contributed by atoms with van der Waals surface area (Å²) in [6, 6.07) is 4.00. The SMILES string of the molecule is CCC(C)(CO)CNc1cccc(F)c1F. The first-order valence-corrected chi connectivity index (χ1v) is 5.31. The average Bonchev–Trinajstić information content (AvgIpc) is 2.31. The van der Waals surface area contributed by atoms with Crippen molar-refractivity contribution in [3.05, 3.63) is 29.8 Å². The van der Waals surface area contributed by atoms with Crippen molar-refractivity contribution in [3.63, 3.8) is 0 Å². The highest BCUT2D eigenvalue weighted by atomic mass is 19.2. The van der Waals surface area contributed by atoms with E-state index in [4.69, 9.17) is 0 Å². The van der Waals surface area contributed by atoms with Gasteiger partial charge in [-0.1, -0.05) is 19.9 Å². The molecule has 4 heteroatoms. The molecule has 0 bridgehead atoms. The second-order valence-corrected chi connectivity index (χ2v) is 4.28. The molecule has 1 atom stereocenters. The normalized spacial score (nSPS) is 14.6. The molecule has 2 nitrogen and oxygen atoms in total. The molecule has 0 heterocycles. The van der Waals surface area contributed by atoms with Gasteiger partial charge >= 0.3 is 0 Å². The molecule has 0 aliphatic rings. The van der Waals surface area contributed by atoms with E-state index in [0.717, 1.165) is 12.5 Å². The summed E-state index contributed by atoms with van der Waals surface area (Å²) in [4.78, 5) is 0. The molecule has 1 unspecified atom stereocenters. The van der Waals surface area contributed by atoms with Gasteiger partial charge in [-0.25, -0.2) is 8.78 Å². The maximum atomic E-state index is 13.3. The Hall–Kier alpha value is -1.16. The fourth-order valence-corrected chi connectivity index (χ4v) is 1.24. The van der Waals surface area contributed by atoms with Crippen LogP contribution in [0.5, 0.6) is 0 Å². The minimum Gasteiger partial charge on any atom is -0.396 e. The van der Waals surface area contributed by atoms with E-state index in [-0.39, 0.29) is 17.7 Å². The van der Waals surface area contributed by atoms with Crippen molar-refractivity contribution >= 4 is 5.69 Å². The van der Waals surface area contributed by atoms with Crippen molar-refractivity contribution < 1.29 is 13.9 Å². The van der Waals surface area contributed by atoms with Gasteiger partial charge < -0.3 is 10.4 Å². The summed E-state index contributed by atoms with van der Waals surface area (Å²) in [5, 5.41) is 12.0. The fourth-order valence-electron chi connectivity index (χ4n) is 1.24. The van der Waals surface area contributed by atoms with Crippen LogP contribution in [0.3, 0.4) is 0 Å². The Morgan fingerprint density at radius 2 is 2.06 bits per heavy atom. The number of nitrogens with one attached hydrogen (secondary N) is 1. The van der Waals surface area contributed by atoms with Crippen LogP contribution in [0.4, 0.5) is 14.5 Å². The molecule has 0 aromatic heterocycles. The van der Waals surface area contributed by atoms with Crippen molar-refractivity contribution in [2.75, 3.05) is 18.5 Å². The van der Waals surface area contributed by atoms with Gasteiger partial charge in [0, 0.05) is 12.0 Å². The Morgan fingerprint density at radius 3 is 2.62 bits per heavy atom. The molecule has 90 valence electrons. The van der Waals surface area contributed by atoms with Crippen molar-refractivity contribution in [2.45, 2.75) is 20.3 Å². The molecule has 0 radical (unpaired) electrons. The quantitative estimate of drug-likeness (QED) is 0.813. The van der Waals surface area contributed by atoms with E-state index in [1.165, 1.54) is 12.1 Å². The van der Waals surface area contributed by atoms with E-state index in [9.17, 15) is 13.9 Å². The summed E-state index contributed by atoms with van der Waals surface area (Å²) in [5.41, 5.74) is -0.188. The number of rotatable bonds is 5. The van der Waals surface area contributed by atoms with Gasteiger partial charge in [0.15, 0.2) is 11.6 Å². The fraction of sp³-hybridized carbons (Fsp3) is 0.500. The van der Waals surface area contributed by atoms with Gasteiger partial charge in [0.25, 0.3) is 0 Å². The standard InChI is InChI=1S/C12H17F2NO/c1-3-12(2,8-16)7-15-10-6-4-5-9(13)11(10)14/h4-6,15-16H,3,7-8H2,1-2H3. The molecule has 1 rings (SSSR count). The molecule has 1 aromatic rings. The molecular weight excluding hydrogens is 212 g/mol. The first-order valence-electron chi connectivity index (χ1n) is 5.31. The Balaban J connectivity index is 2.71. The molecule has 0 aliphatic heterocycles. The molecule has 16 heavy (non-hydrogen) atoms. The summed E-state index contributed by atoms with van der Waals surface area (Å²) in [6.07, 6.45) is 0.757. The van der Waals surface area contributed by atoms with Gasteiger partial charge in [-0.3, -0.25) is 0 Å². The minimum absolute atomic E-state index is 0.00738. The van der Waals surface area contributed by atoms with Crippen molar-refractivity contribution in [2.24, 2.45) is 5.41 Å². The molecule has 1 aromatic carbocycles. The van der Waals surface area contributed by atoms with Crippen molar-refractivity contribution in [1.82, 2.24) is 0 Å². The van der Waals surface area contributed by atoms with Gasteiger partial charge in [-0.15, -0.1) is 0 Å². The summed E-state index contributed by atoms with van der Waals surface area (Å²) < 4.78 is 26.2. The van der Waals surface area contributed by atoms with E-state index in [1.54, 1.807) is 0 Å². The van der Waals surface area contributed by atoms with Gasteiger partial charge in [-0.2, -0.15) is 0 Å². The number of halogens is 2. The minimum atomic E-state index is -0.876. The van der Waals surface area contributed by atoms with Crippen molar-refractivity contribution in [1.29, 1.82) is 0 Å². The maximum Gasteiger partial charge on any atom is 0.181 e. The maximum absolute atomic E-state index is 13.3. The van der Waals surface area contributed by atoms with E-state index >= 15 is 0 Å². The van der Waals surface area contributed by atoms with Crippen LogP contribution >= 0.6 is 0 Å². The highest BCUT2D eigenvalue weighted by molar-refractivity contribution is 5.45. The molecule has 0 spiro atoms. The van der Waals surface area contributed by atoms with Gasteiger partial charge in [0.1, 0.15) is 0 Å². The summed E-state index contributed by atoms with van der Waals surface area (Å²) in [7, 11) is 0. The van der Waals surface area contributed by atoms with E-state index < -0.39 is 11.6 Å². The predicted molar refractivity (Wildman–Crippen MR) is 60.3 cm³/mol. The van der Waals surface area contributed by atoms with Crippen LogP contribution < -0.4 is 5.32 Å². The van der Waals surface area contributed by atoms with Crippen LogP contribution in [0.15, 0.2) is 18.2 Å². The van der Waals surface area contributed by atoms with Crippen molar-refractivity contribution in [3.8, 4) is 0 Å². The smallest absolute Gasteiger partial charge is 0.181 e. The monoisotopic (exact) mass is 229 g/mol. The van der Waals surface area contributed by atoms with Gasteiger partial charge in [-0.05, 0) is 18.6 Å². The van der Waals surface area contributed by atoms with E-state index in [0.29, 0.717) is 6.54 Å². The highest BCUT2D eigenvalue weighted by Crippen LogP contribution is 2.23.